The zero-order chi connectivity index (χ0) is 22.2. The molecule has 0 bridgehead atoms. The van der Waals surface area contributed by atoms with Crippen molar-refractivity contribution < 1.29 is 14.4 Å². The van der Waals surface area contributed by atoms with E-state index in [1.54, 1.807) is 38.1 Å². The number of anilines is 1. The summed E-state index contributed by atoms with van der Waals surface area (Å²) in [5.41, 5.74) is 1.37. The van der Waals surface area contributed by atoms with Crippen LogP contribution in [-0.2, 0) is 10.3 Å². The second-order valence-corrected chi connectivity index (χ2v) is 8.58. The van der Waals surface area contributed by atoms with Gasteiger partial charge in [0.2, 0.25) is 0 Å². The van der Waals surface area contributed by atoms with Gasteiger partial charge in [0.1, 0.15) is 5.54 Å². The monoisotopic (exact) mass is 440 g/mol. The van der Waals surface area contributed by atoms with E-state index in [0.29, 0.717) is 16.1 Å². The van der Waals surface area contributed by atoms with Gasteiger partial charge in [0.05, 0.1) is 6.67 Å². The molecule has 0 aromatic heterocycles. The number of carbonyl (C=O) groups excluding carboxylic acids is 3. The van der Waals surface area contributed by atoms with Gasteiger partial charge in [0, 0.05) is 42.5 Å². The summed E-state index contributed by atoms with van der Waals surface area (Å²) in [6.45, 7) is 6.53. The third-order valence-corrected chi connectivity index (χ3v) is 6.30. The normalized spacial score (nSPS) is 22.0. The molecule has 2 saturated heterocycles. The van der Waals surface area contributed by atoms with E-state index in [1.807, 2.05) is 24.3 Å². The summed E-state index contributed by atoms with van der Waals surface area (Å²) >= 11 is 5.96. The Morgan fingerprint density at radius 3 is 2.19 bits per heavy atom. The fourth-order valence-corrected chi connectivity index (χ4v) is 4.18. The summed E-state index contributed by atoms with van der Waals surface area (Å²) < 4.78 is 0. The van der Waals surface area contributed by atoms with Gasteiger partial charge in [-0.25, -0.2) is 9.69 Å². The van der Waals surface area contributed by atoms with Crippen LogP contribution in [0, 0.1) is 0 Å². The van der Waals surface area contributed by atoms with E-state index in [1.165, 1.54) is 4.90 Å². The maximum atomic E-state index is 13.1. The number of hydrogen-bond donors (Lipinski definition) is 1. The van der Waals surface area contributed by atoms with Crippen molar-refractivity contribution in [3.8, 4) is 0 Å². The molecule has 1 atom stereocenters. The molecule has 4 rings (SSSR count). The van der Waals surface area contributed by atoms with Crippen LogP contribution in [0.15, 0.2) is 48.5 Å². The van der Waals surface area contributed by atoms with Crippen LogP contribution in [0.4, 0.5) is 10.5 Å². The van der Waals surface area contributed by atoms with Gasteiger partial charge < -0.3 is 10.2 Å². The quantitative estimate of drug-likeness (QED) is 0.571. The highest BCUT2D eigenvalue weighted by atomic mass is 35.5. The van der Waals surface area contributed by atoms with Crippen LogP contribution in [0.2, 0.25) is 5.02 Å². The molecule has 0 saturated carbocycles. The molecule has 7 nitrogen and oxygen atoms in total. The summed E-state index contributed by atoms with van der Waals surface area (Å²) in [7, 11) is 0. The Labute approximate surface area is 186 Å². The molecular weight excluding hydrogens is 416 g/mol. The van der Waals surface area contributed by atoms with Gasteiger partial charge in [-0.05, 0) is 55.8 Å². The van der Waals surface area contributed by atoms with Crippen molar-refractivity contribution in [1.82, 2.24) is 15.1 Å². The fraction of sp³-hybridized carbons (Fsp3) is 0.348. The van der Waals surface area contributed by atoms with Crippen molar-refractivity contribution in [3.63, 3.8) is 0 Å². The van der Waals surface area contributed by atoms with E-state index in [0.717, 1.165) is 31.9 Å². The number of imide groups is 1. The van der Waals surface area contributed by atoms with Gasteiger partial charge >= 0.3 is 6.03 Å². The number of nitrogens with zero attached hydrogens (tertiary/aromatic N) is 3. The first kappa shape index (κ1) is 21.3. The SMILES string of the molecule is CC(=O)c1ccc(N2CCN(CN3C(=O)NC(C)(c4ccc(Cl)cc4)C3=O)CC2)cc1. The van der Waals surface area contributed by atoms with Crippen molar-refractivity contribution >= 4 is 35.0 Å². The summed E-state index contributed by atoms with van der Waals surface area (Å²) in [6, 6.07) is 14.2. The standard InChI is InChI=1S/C23H25ClN4O3/c1-16(29)17-3-9-20(10-4-17)27-13-11-26(12-14-27)15-28-21(30)23(2,25-22(28)31)18-5-7-19(24)8-6-18/h3-10H,11-15H2,1-2H3,(H,25,31). The van der Waals surface area contributed by atoms with Gasteiger partial charge in [-0.15, -0.1) is 0 Å². The lowest BCUT2D eigenvalue weighted by Gasteiger charge is -2.37. The lowest BCUT2D eigenvalue weighted by molar-refractivity contribution is -0.132. The molecule has 2 aliphatic heterocycles. The van der Waals surface area contributed by atoms with Crippen LogP contribution in [0.3, 0.4) is 0 Å². The van der Waals surface area contributed by atoms with Crippen LogP contribution in [0.5, 0.6) is 0 Å². The maximum Gasteiger partial charge on any atom is 0.326 e. The number of benzene rings is 2. The molecule has 8 heteroatoms. The molecule has 3 amide bonds. The molecule has 2 fully saturated rings. The van der Waals surface area contributed by atoms with E-state index in [9.17, 15) is 14.4 Å². The molecule has 2 aromatic carbocycles. The Morgan fingerprint density at radius 2 is 1.61 bits per heavy atom. The van der Waals surface area contributed by atoms with Crippen molar-refractivity contribution in [2.24, 2.45) is 0 Å². The number of hydrogen-bond acceptors (Lipinski definition) is 5. The van der Waals surface area contributed by atoms with Crippen LogP contribution >= 0.6 is 11.6 Å². The number of amides is 3. The molecule has 162 valence electrons. The number of urea groups is 1. The highest BCUT2D eigenvalue weighted by molar-refractivity contribution is 6.30. The number of nitrogens with one attached hydrogen (secondary N) is 1. The molecule has 31 heavy (non-hydrogen) atoms. The minimum absolute atomic E-state index is 0.0514. The number of halogens is 1. The first-order chi connectivity index (χ1) is 14.8. The van der Waals surface area contributed by atoms with Crippen molar-refractivity contribution in [2.45, 2.75) is 19.4 Å². The Balaban J connectivity index is 1.38. The second kappa shape index (κ2) is 8.32. The Kier molecular flexibility index (Phi) is 5.73. The van der Waals surface area contributed by atoms with Crippen LogP contribution in [0.25, 0.3) is 0 Å². The van der Waals surface area contributed by atoms with E-state index < -0.39 is 5.54 Å². The van der Waals surface area contributed by atoms with Gasteiger partial charge in [0.25, 0.3) is 5.91 Å². The molecule has 1 N–H and O–H groups in total. The largest absolute Gasteiger partial charge is 0.369 e. The highest BCUT2D eigenvalue weighted by Crippen LogP contribution is 2.30. The minimum atomic E-state index is -1.10. The molecule has 1 unspecified atom stereocenters. The Hall–Kier alpha value is -2.90. The lowest BCUT2D eigenvalue weighted by Crippen LogP contribution is -2.51. The van der Waals surface area contributed by atoms with Crippen molar-refractivity contribution in [3.05, 3.63) is 64.7 Å². The lowest BCUT2D eigenvalue weighted by atomic mass is 9.92. The van der Waals surface area contributed by atoms with E-state index in [2.05, 4.69) is 15.1 Å². The summed E-state index contributed by atoms with van der Waals surface area (Å²) in [4.78, 5) is 42.8. The van der Waals surface area contributed by atoms with Crippen LogP contribution in [0.1, 0.15) is 29.8 Å². The first-order valence-electron chi connectivity index (χ1n) is 10.3. The average molecular weight is 441 g/mol. The van der Waals surface area contributed by atoms with E-state index in [-0.39, 0.29) is 24.4 Å². The topological polar surface area (TPSA) is 73.0 Å². The van der Waals surface area contributed by atoms with Crippen LogP contribution in [-0.4, -0.2) is 60.4 Å². The third-order valence-electron chi connectivity index (χ3n) is 6.05. The van der Waals surface area contributed by atoms with E-state index in [4.69, 9.17) is 11.6 Å². The van der Waals surface area contributed by atoms with E-state index >= 15 is 0 Å². The Morgan fingerprint density at radius 1 is 1.00 bits per heavy atom. The first-order valence-corrected chi connectivity index (χ1v) is 10.6. The number of ketones is 1. The molecule has 0 radical (unpaired) electrons. The predicted molar refractivity (Wildman–Crippen MR) is 119 cm³/mol. The number of carbonyl (C=O) groups is 3. The molecular formula is C23H25ClN4O3. The Bertz CT molecular complexity index is 1000. The minimum Gasteiger partial charge on any atom is -0.369 e. The highest BCUT2D eigenvalue weighted by Gasteiger charge is 2.49. The van der Waals surface area contributed by atoms with Crippen LogP contribution < -0.4 is 10.2 Å². The summed E-state index contributed by atoms with van der Waals surface area (Å²) in [5.74, 6) is -0.211. The fourth-order valence-electron chi connectivity index (χ4n) is 4.06. The van der Waals surface area contributed by atoms with Crippen molar-refractivity contribution in [1.29, 1.82) is 0 Å². The van der Waals surface area contributed by atoms with Gasteiger partial charge in [-0.3, -0.25) is 14.5 Å². The molecule has 0 spiro atoms. The maximum absolute atomic E-state index is 13.1. The number of Topliss-reactive ketones (excluding diaryl/α,β-unsaturated/α-hetero) is 1. The van der Waals surface area contributed by atoms with Gasteiger partial charge in [0.15, 0.2) is 5.78 Å². The second-order valence-electron chi connectivity index (χ2n) is 8.14. The zero-order valence-electron chi connectivity index (χ0n) is 17.6. The van der Waals surface area contributed by atoms with Gasteiger partial charge in [-0.2, -0.15) is 0 Å². The number of piperazine rings is 1. The predicted octanol–water partition coefficient (Wildman–Crippen LogP) is 3.09. The van der Waals surface area contributed by atoms with Gasteiger partial charge in [-0.1, -0.05) is 23.7 Å². The smallest absolute Gasteiger partial charge is 0.326 e. The third kappa shape index (κ3) is 4.16. The molecule has 2 aromatic rings. The average Bonchev–Trinajstić information content (AvgIpc) is 2.98. The zero-order valence-corrected chi connectivity index (χ0v) is 18.4. The molecule has 2 heterocycles. The van der Waals surface area contributed by atoms with Crippen molar-refractivity contribution in [2.75, 3.05) is 37.7 Å². The molecule has 0 aliphatic carbocycles. The summed E-state index contributed by atoms with van der Waals surface area (Å²) in [5, 5.41) is 3.41. The molecule has 2 aliphatic rings. The summed E-state index contributed by atoms with van der Waals surface area (Å²) in [6.07, 6.45) is 0. The number of rotatable bonds is 5.